The van der Waals surface area contributed by atoms with Crippen LogP contribution >= 0.6 is 0 Å². The molecule has 0 amide bonds. The van der Waals surface area contributed by atoms with Crippen LogP contribution in [0.5, 0.6) is 0 Å². The molecule has 2 rings (SSSR count). The molecule has 0 spiro atoms. The van der Waals surface area contributed by atoms with E-state index in [0.717, 1.165) is 16.8 Å². The van der Waals surface area contributed by atoms with Crippen molar-refractivity contribution in [3.63, 3.8) is 0 Å². The molecule has 7 heteroatoms. The Morgan fingerprint density at radius 1 is 1.17 bits per heavy atom. The standard InChI is InChI=1S/C17H23N3O4/c18-17-2-1-14(20(4-7-22)5-8-23)10-16(17)13-9-15(24-12-13)11-19-3-6-21/h1-2,10,12,21-23H,3-9,18H2. The molecule has 1 aromatic rings. The average Bonchev–Trinajstić information content (AvgIpc) is 3.04. The Bertz CT molecular complexity index is 645. The molecule has 1 heterocycles. The molecule has 5 N–H and O–H groups in total. The van der Waals surface area contributed by atoms with Gasteiger partial charge in [-0.25, -0.2) is 4.99 Å². The number of hydrogen-bond donors (Lipinski definition) is 4. The van der Waals surface area contributed by atoms with Crippen molar-refractivity contribution in [2.24, 2.45) is 4.99 Å². The van der Waals surface area contributed by atoms with Crippen LogP contribution in [0.2, 0.25) is 0 Å². The number of rotatable bonds is 8. The van der Waals surface area contributed by atoms with Crippen LogP contribution in [0.4, 0.5) is 11.4 Å². The van der Waals surface area contributed by atoms with Crippen LogP contribution in [-0.4, -0.2) is 60.6 Å². The molecule has 0 saturated heterocycles. The lowest BCUT2D eigenvalue weighted by atomic mass is 10.0. The van der Waals surface area contributed by atoms with Crippen LogP contribution < -0.4 is 10.6 Å². The summed E-state index contributed by atoms with van der Waals surface area (Å²) < 4.78 is 5.44. The smallest absolute Gasteiger partial charge is 0.168 e. The summed E-state index contributed by atoms with van der Waals surface area (Å²) in [5.41, 5.74) is 9.32. The second-order valence-corrected chi connectivity index (χ2v) is 5.28. The summed E-state index contributed by atoms with van der Waals surface area (Å²) in [7, 11) is 0. The molecule has 0 fully saturated rings. The number of aliphatic hydroxyl groups is 3. The Morgan fingerprint density at radius 2 is 1.92 bits per heavy atom. The number of benzene rings is 1. The lowest BCUT2D eigenvalue weighted by Gasteiger charge is -2.24. The molecule has 0 aliphatic carbocycles. The zero-order valence-corrected chi connectivity index (χ0v) is 13.5. The Morgan fingerprint density at radius 3 is 2.58 bits per heavy atom. The van der Waals surface area contributed by atoms with Crippen molar-refractivity contribution in [1.82, 2.24) is 0 Å². The molecule has 0 radical (unpaired) electrons. The summed E-state index contributed by atoms with van der Waals surface area (Å²) in [5.74, 6) is 3.34. The first kappa shape index (κ1) is 18.0. The minimum absolute atomic E-state index is 0.000273. The molecule has 0 aromatic heterocycles. The highest BCUT2D eigenvalue weighted by molar-refractivity contribution is 5.81. The Labute approximate surface area is 141 Å². The minimum atomic E-state index is -0.0267. The van der Waals surface area contributed by atoms with E-state index in [4.69, 9.17) is 15.6 Å². The zero-order chi connectivity index (χ0) is 17.4. The average molecular weight is 333 g/mol. The normalized spacial score (nSPS) is 13.3. The fourth-order valence-corrected chi connectivity index (χ4v) is 2.45. The van der Waals surface area contributed by atoms with E-state index < -0.39 is 0 Å². The number of ether oxygens (including phenoxy) is 1. The highest BCUT2D eigenvalue weighted by Crippen LogP contribution is 2.34. The molecule has 7 nitrogen and oxygen atoms in total. The van der Waals surface area contributed by atoms with E-state index in [1.165, 1.54) is 0 Å². The van der Waals surface area contributed by atoms with E-state index >= 15 is 0 Å². The van der Waals surface area contributed by atoms with Gasteiger partial charge in [-0.15, -0.1) is 0 Å². The van der Waals surface area contributed by atoms with Gasteiger partial charge in [0.15, 0.2) is 5.76 Å². The molecule has 1 aliphatic heterocycles. The van der Waals surface area contributed by atoms with Gasteiger partial charge in [0.1, 0.15) is 0 Å². The monoisotopic (exact) mass is 333 g/mol. The van der Waals surface area contributed by atoms with Crippen LogP contribution in [0.1, 0.15) is 12.0 Å². The molecule has 0 bridgehead atoms. The number of anilines is 2. The van der Waals surface area contributed by atoms with Crippen molar-refractivity contribution in [2.75, 3.05) is 50.1 Å². The van der Waals surface area contributed by atoms with Gasteiger partial charge >= 0.3 is 0 Å². The maximum atomic E-state index is 9.18. The topological polar surface area (TPSA) is 112 Å². The highest BCUT2D eigenvalue weighted by atomic mass is 16.5. The summed E-state index contributed by atoms with van der Waals surface area (Å²) in [5, 5.41) is 27.1. The second kappa shape index (κ2) is 9.10. The lowest BCUT2D eigenvalue weighted by molar-refractivity contribution is 0.281. The van der Waals surface area contributed by atoms with Crippen LogP contribution in [0.3, 0.4) is 0 Å². The fourth-order valence-electron chi connectivity index (χ4n) is 2.45. The first-order valence-corrected chi connectivity index (χ1v) is 7.81. The number of aliphatic hydroxyl groups excluding tert-OH is 3. The minimum Gasteiger partial charge on any atom is -0.459 e. The first-order valence-electron chi connectivity index (χ1n) is 7.81. The van der Waals surface area contributed by atoms with Crippen LogP contribution in [-0.2, 0) is 4.74 Å². The number of allylic oxidation sites excluding steroid dienone is 1. The van der Waals surface area contributed by atoms with Crippen molar-refractivity contribution in [3.05, 3.63) is 35.8 Å². The molecule has 1 aromatic carbocycles. The van der Waals surface area contributed by atoms with Gasteiger partial charge in [0.05, 0.1) is 32.6 Å². The largest absolute Gasteiger partial charge is 0.459 e. The number of nitrogens with two attached hydrogens (primary N) is 1. The number of nitrogens with zero attached hydrogens (tertiary/aromatic N) is 2. The summed E-state index contributed by atoms with van der Waals surface area (Å²) in [6.45, 7) is 1.12. The summed E-state index contributed by atoms with van der Waals surface area (Å²) in [6, 6.07) is 5.58. The summed E-state index contributed by atoms with van der Waals surface area (Å²) >= 11 is 0. The van der Waals surface area contributed by atoms with Gasteiger partial charge in [0.2, 0.25) is 0 Å². The number of aliphatic imine (C=N–C) groups is 1. The SMILES string of the molecule is Nc1ccc(N(CCO)CCO)cc1C1=COC(=C=NCCO)C1. The van der Waals surface area contributed by atoms with Gasteiger partial charge < -0.3 is 30.7 Å². The quantitative estimate of drug-likeness (QED) is 0.404. The van der Waals surface area contributed by atoms with E-state index in [1.807, 2.05) is 17.0 Å². The van der Waals surface area contributed by atoms with Crippen LogP contribution in [0.25, 0.3) is 5.57 Å². The molecule has 24 heavy (non-hydrogen) atoms. The van der Waals surface area contributed by atoms with Crippen molar-refractivity contribution in [2.45, 2.75) is 6.42 Å². The van der Waals surface area contributed by atoms with Gasteiger partial charge in [-0.05, 0) is 18.2 Å². The van der Waals surface area contributed by atoms with E-state index in [1.54, 1.807) is 12.3 Å². The molecule has 0 atom stereocenters. The Hall–Kier alpha value is -2.31. The van der Waals surface area contributed by atoms with Gasteiger partial charge in [0.25, 0.3) is 0 Å². The third kappa shape index (κ3) is 4.59. The second-order valence-electron chi connectivity index (χ2n) is 5.28. The predicted molar refractivity (Wildman–Crippen MR) is 93.8 cm³/mol. The zero-order valence-electron chi connectivity index (χ0n) is 13.5. The van der Waals surface area contributed by atoms with Crippen LogP contribution in [0, 0.1) is 0 Å². The lowest BCUT2D eigenvalue weighted by Crippen LogP contribution is -2.29. The molecular formula is C17H23N3O4. The molecule has 1 aliphatic rings. The Kier molecular flexibility index (Phi) is 6.84. The molecular weight excluding hydrogens is 310 g/mol. The summed E-state index contributed by atoms with van der Waals surface area (Å²) in [4.78, 5) is 5.81. The molecule has 0 saturated carbocycles. The molecule has 130 valence electrons. The van der Waals surface area contributed by atoms with Crippen LogP contribution in [0.15, 0.2) is 35.2 Å². The third-order valence-corrected chi connectivity index (χ3v) is 3.60. The summed E-state index contributed by atoms with van der Waals surface area (Å²) in [6.07, 6.45) is 2.14. The number of hydrogen-bond acceptors (Lipinski definition) is 7. The maximum Gasteiger partial charge on any atom is 0.168 e. The Balaban J connectivity index is 2.22. The maximum absolute atomic E-state index is 9.18. The van der Waals surface area contributed by atoms with Gasteiger partial charge in [-0.3, -0.25) is 0 Å². The van der Waals surface area contributed by atoms with Crippen molar-refractivity contribution in [1.29, 1.82) is 0 Å². The van der Waals surface area contributed by atoms with Crippen molar-refractivity contribution in [3.8, 4) is 0 Å². The van der Waals surface area contributed by atoms with E-state index in [-0.39, 0.29) is 26.4 Å². The predicted octanol–water partition coefficient (Wildman–Crippen LogP) is 0.367. The van der Waals surface area contributed by atoms with Gasteiger partial charge in [0, 0.05) is 47.9 Å². The van der Waals surface area contributed by atoms with Gasteiger partial charge in [-0.1, -0.05) is 0 Å². The van der Waals surface area contributed by atoms with E-state index in [2.05, 4.69) is 10.9 Å². The first-order chi connectivity index (χ1) is 11.7. The molecule has 0 unspecified atom stereocenters. The van der Waals surface area contributed by atoms with E-state index in [0.29, 0.717) is 31.0 Å². The van der Waals surface area contributed by atoms with Crippen molar-refractivity contribution < 1.29 is 20.1 Å². The van der Waals surface area contributed by atoms with E-state index in [9.17, 15) is 10.2 Å². The highest BCUT2D eigenvalue weighted by Gasteiger charge is 2.17. The fraction of sp³-hybridized carbons (Fsp3) is 0.412. The van der Waals surface area contributed by atoms with Gasteiger partial charge in [-0.2, -0.15) is 0 Å². The van der Waals surface area contributed by atoms with Crippen molar-refractivity contribution >= 4 is 22.8 Å². The number of nitrogen functional groups attached to an aromatic ring is 1. The third-order valence-electron chi connectivity index (χ3n) is 3.60.